The summed E-state index contributed by atoms with van der Waals surface area (Å²) in [4.78, 5) is 0. The van der Waals surface area contributed by atoms with Gasteiger partial charge in [0.15, 0.2) is 0 Å². The zero-order valence-corrected chi connectivity index (χ0v) is 12.1. The van der Waals surface area contributed by atoms with Gasteiger partial charge in [-0.3, -0.25) is 0 Å². The van der Waals surface area contributed by atoms with Gasteiger partial charge >= 0.3 is 0 Å². The van der Waals surface area contributed by atoms with Crippen molar-refractivity contribution in [1.29, 1.82) is 0 Å². The Hall–Kier alpha value is -2.11. The van der Waals surface area contributed by atoms with Crippen LogP contribution in [0.25, 0.3) is 0 Å². The van der Waals surface area contributed by atoms with Crippen molar-refractivity contribution in [2.45, 2.75) is 12.5 Å². The fourth-order valence-electron chi connectivity index (χ4n) is 2.04. The van der Waals surface area contributed by atoms with E-state index in [1.165, 1.54) is 23.5 Å². The fraction of sp³-hybridized carbons (Fsp3) is 0.125. The Morgan fingerprint density at radius 1 is 1.00 bits per heavy atom. The highest BCUT2D eigenvalue weighted by Gasteiger charge is 2.14. The molecule has 1 heterocycles. The van der Waals surface area contributed by atoms with Gasteiger partial charge in [-0.15, -0.1) is 10.2 Å². The Kier molecular flexibility index (Phi) is 4.03. The van der Waals surface area contributed by atoms with E-state index in [-0.39, 0.29) is 11.9 Å². The van der Waals surface area contributed by atoms with E-state index in [1.54, 1.807) is 12.1 Å². The molecule has 0 spiro atoms. The molecule has 0 aliphatic heterocycles. The van der Waals surface area contributed by atoms with Crippen LogP contribution < -0.4 is 5.73 Å². The van der Waals surface area contributed by atoms with Crippen molar-refractivity contribution in [3.8, 4) is 0 Å². The van der Waals surface area contributed by atoms with E-state index in [2.05, 4.69) is 10.2 Å². The number of aromatic nitrogens is 2. The lowest BCUT2D eigenvalue weighted by molar-refractivity contribution is 0.627. The van der Waals surface area contributed by atoms with E-state index >= 15 is 0 Å². The Morgan fingerprint density at radius 3 is 2.43 bits per heavy atom. The average molecular weight is 299 g/mol. The summed E-state index contributed by atoms with van der Waals surface area (Å²) in [7, 11) is 0. The molecule has 106 valence electrons. The normalized spacial score (nSPS) is 12.3. The summed E-state index contributed by atoms with van der Waals surface area (Å²) in [5.41, 5.74) is 8.22. The number of rotatable bonds is 4. The van der Waals surface area contributed by atoms with Crippen LogP contribution in [0.4, 0.5) is 4.39 Å². The van der Waals surface area contributed by atoms with E-state index in [1.807, 2.05) is 30.3 Å². The largest absolute Gasteiger partial charge is 0.318 e. The van der Waals surface area contributed by atoms with Crippen LogP contribution in [0.3, 0.4) is 0 Å². The zero-order valence-electron chi connectivity index (χ0n) is 11.2. The molecule has 0 radical (unpaired) electrons. The van der Waals surface area contributed by atoms with E-state index in [0.29, 0.717) is 6.42 Å². The minimum atomic E-state index is -0.259. The van der Waals surface area contributed by atoms with Crippen LogP contribution in [-0.4, -0.2) is 10.2 Å². The summed E-state index contributed by atoms with van der Waals surface area (Å²) >= 11 is 1.49. The lowest BCUT2D eigenvalue weighted by atomic mass is 10.1. The molecule has 3 rings (SSSR count). The highest BCUT2D eigenvalue weighted by molar-refractivity contribution is 7.11. The van der Waals surface area contributed by atoms with Crippen LogP contribution in [0.2, 0.25) is 0 Å². The molecule has 0 amide bonds. The standard InChI is InChI=1S/C16H14FN3S/c17-13-8-6-11(7-9-13)10-14-19-20-16(21-14)15(18)12-4-2-1-3-5-12/h1-9,15H,10,18H2. The van der Waals surface area contributed by atoms with E-state index in [4.69, 9.17) is 5.73 Å². The van der Waals surface area contributed by atoms with Crippen LogP contribution >= 0.6 is 11.3 Å². The van der Waals surface area contributed by atoms with E-state index in [9.17, 15) is 4.39 Å². The van der Waals surface area contributed by atoms with Gasteiger partial charge in [0, 0.05) is 6.42 Å². The molecule has 2 aromatic carbocycles. The predicted molar refractivity (Wildman–Crippen MR) is 81.6 cm³/mol. The van der Waals surface area contributed by atoms with Crippen LogP contribution in [0.5, 0.6) is 0 Å². The molecule has 3 aromatic rings. The van der Waals surface area contributed by atoms with Gasteiger partial charge in [-0.1, -0.05) is 53.8 Å². The fourth-order valence-corrected chi connectivity index (χ4v) is 2.95. The summed E-state index contributed by atoms with van der Waals surface area (Å²) in [5, 5.41) is 10.0. The maximum atomic E-state index is 12.9. The highest BCUT2D eigenvalue weighted by Crippen LogP contribution is 2.23. The van der Waals surface area contributed by atoms with Crippen molar-refractivity contribution < 1.29 is 4.39 Å². The molecule has 2 N–H and O–H groups in total. The topological polar surface area (TPSA) is 51.8 Å². The van der Waals surface area contributed by atoms with Crippen molar-refractivity contribution in [1.82, 2.24) is 10.2 Å². The maximum absolute atomic E-state index is 12.9. The quantitative estimate of drug-likeness (QED) is 0.804. The molecule has 0 saturated heterocycles. The lowest BCUT2D eigenvalue weighted by Gasteiger charge is -2.06. The van der Waals surface area contributed by atoms with Gasteiger partial charge in [0.05, 0.1) is 6.04 Å². The van der Waals surface area contributed by atoms with Crippen molar-refractivity contribution in [2.24, 2.45) is 5.73 Å². The Balaban J connectivity index is 1.75. The van der Waals surface area contributed by atoms with E-state index < -0.39 is 0 Å². The number of benzene rings is 2. The van der Waals surface area contributed by atoms with Crippen molar-refractivity contribution in [3.05, 3.63) is 81.6 Å². The van der Waals surface area contributed by atoms with E-state index in [0.717, 1.165) is 21.1 Å². The average Bonchev–Trinajstić information content (AvgIpc) is 2.98. The van der Waals surface area contributed by atoms with Crippen LogP contribution in [-0.2, 0) is 6.42 Å². The molecule has 1 unspecified atom stereocenters. The second-order valence-electron chi connectivity index (χ2n) is 4.73. The Bertz CT molecular complexity index is 710. The molecule has 21 heavy (non-hydrogen) atoms. The number of hydrogen-bond acceptors (Lipinski definition) is 4. The first-order valence-corrected chi connectivity index (χ1v) is 7.41. The summed E-state index contributed by atoms with van der Waals surface area (Å²) in [6, 6.07) is 16.0. The molecule has 1 atom stereocenters. The first kappa shape index (κ1) is 13.9. The third-order valence-corrected chi connectivity index (χ3v) is 4.18. The van der Waals surface area contributed by atoms with Gasteiger partial charge in [0.25, 0.3) is 0 Å². The third kappa shape index (κ3) is 3.32. The molecule has 0 saturated carbocycles. The summed E-state index contributed by atoms with van der Waals surface area (Å²) < 4.78 is 12.9. The van der Waals surface area contributed by atoms with Gasteiger partial charge in [-0.2, -0.15) is 0 Å². The zero-order chi connectivity index (χ0) is 14.7. The second kappa shape index (κ2) is 6.11. The first-order valence-electron chi connectivity index (χ1n) is 6.59. The molecular formula is C16H14FN3S. The van der Waals surface area contributed by atoms with Crippen LogP contribution in [0.15, 0.2) is 54.6 Å². The number of hydrogen-bond donors (Lipinski definition) is 1. The summed E-state index contributed by atoms with van der Waals surface area (Å²) in [5.74, 6) is -0.234. The SMILES string of the molecule is NC(c1ccccc1)c1nnc(Cc2ccc(F)cc2)s1. The molecule has 0 aliphatic rings. The number of halogens is 1. The molecule has 0 fully saturated rings. The summed E-state index contributed by atoms with van der Waals surface area (Å²) in [6.07, 6.45) is 0.638. The smallest absolute Gasteiger partial charge is 0.138 e. The Labute approximate surface area is 126 Å². The molecule has 3 nitrogen and oxygen atoms in total. The minimum absolute atomic E-state index is 0.234. The first-order chi connectivity index (χ1) is 10.2. The maximum Gasteiger partial charge on any atom is 0.138 e. The van der Waals surface area contributed by atoms with Crippen molar-refractivity contribution in [3.63, 3.8) is 0 Å². The monoisotopic (exact) mass is 299 g/mol. The van der Waals surface area contributed by atoms with Gasteiger partial charge in [0.2, 0.25) is 0 Å². The molecular weight excluding hydrogens is 285 g/mol. The Morgan fingerprint density at radius 2 is 1.71 bits per heavy atom. The summed E-state index contributed by atoms with van der Waals surface area (Å²) in [6.45, 7) is 0. The van der Waals surface area contributed by atoms with Crippen molar-refractivity contribution in [2.75, 3.05) is 0 Å². The van der Waals surface area contributed by atoms with Gasteiger partial charge in [-0.05, 0) is 23.3 Å². The number of nitrogens with two attached hydrogens (primary N) is 1. The lowest BCUT2D eigenvalue weighted by Crippen LogP contribution is -2.11. The predicted octanol–water partition coefficient (Wildman–Crippen LogP) is 3.32. The third-order valence-electron chi connectivity index (χ3n) is 3.18. The molecule has 5 heteroatoms. The molecule has 1 aromatic heterocycles. The number of nitrogens with zero attached hydrogens (tertiary/aromatic N) is 2. The highest BCUT2D eigenvalue weighted by atomic mass is 32.1. The van der Waals surface area contributed by atoms with Gasteiger partial charge in [-0.25, -0.2) is 4.39 Å². The second-order valence-corrected chi connectivity index (χ2v) is 5.82. The van der Waals surface area contributed by atoms with Gasteiger partial charge in [0.1, 0.15) is 15.8 Å². The van der Waals surface area contributed by atoms with Crippen molar-refractivity contribution >= 4 is 11.3 Å². The van der Waals surface area contributed by atoms with Crippen LogP contribution in [0, 0.1) is 5.82 Å². The minimum Gasteiger partial charge on any atom is -0.318 e. The van der Waals surface area contributed by atoms with Gasteiger partial charge < -0.3 is 5.73 Å². The van der Waals surface area contributed by atoms with Crippen LogP contribution in [0.1, 0.15) is 27.2 Å². The molecule has 0 aliphatic carbocycles. The molecule has 0 bridgehead atoms.